The minimum absolute atomic E-state index is 0.0231. The van der Waals surface area contributed by atoms with Crippen LogP contribution in [0.15, 0.2) is 0 Å². The number of hydrogen-bond acceptors (Lipinski definition) is 3. The maximum absolute atomic E-state index is 11.2. The summed E-state index contributed by atoms with van der Waals surface area (Å²) < 4.78 is 4.68. The van der Waals surface area contributed by atoms with Gasteiger partial charge in [-0.05, 0) is 25.7 Å². The molecule has 0 aromatic rings. The van der Waals surface area contributed by atoms with E-state index in [0.717, 1.165) is 12.8 Å². The molecule has 3 rings (SSSR count). The Hall–Kier alpha value is -0.570. The molecule has 0 aromatic heterocycles. The van der Waals surface area contributed by atoms with Gasteiger partial charge in [0.15, 0.2) is 0 Å². The average Bonchev–Trinajstić information content (AvgIpc) is 2.37. The molecule has 12 heavy (non-hydrogen) atoms. The molecule has 3 aliphatic rings. The van der Waals surface area contributed by atoms with Crippen molar-refractivity contribution in [3.8, 4) is 0 Å². The number of rotatable bonds is 1. The van der Waals surface area contributed by atoms with E-state index in [0.29, 0.717) is 5.92 Å². The standard InChI is InChI=1S/C9H14O3/c1-9(11)4-5-3-6(9)7(5)8(10)12-2/h5-7,11H,3-4H2,1-2H3/t5-,6-,7-,9+/m0/s1. The van der Waals surface area contributed by atoms with Crippen molar-refractivity contribution in [2.75, 3.05) is 7.11 Å². The summed E-state index contributed by atoms with van der Waals surface area (Å²) in [5.41, 5.74) is -0.622. The van der Waals surface area contributed by atoms with E-state index in [1.54, 1.807) is 0 Å². The van der Waals surface area contributed by atoms with Gasteiger partial charge < -0.3 is 9.84 Å². The lowest BCUT2D eigenvalue weighted by Crippen LogP contribution is -2.41. The van der Waals surface area contributed by atoms with Crippen LogP contribution in [-0.2, 0) is 9.53 Å². The van der Waals surface area contributed by atoms with Gasteiger partial charge >= 0.3 is 5.97 Å². The monoisotopic (exact) mass is 170 g/mol. The molecule has 3 fully saturated rings. The maximum Gasteiger partial charge on any atom is 0.309 e. The number of methoxy groups -OCH3 is 1. The van der Waals surface area contributed by atoms with E-state index in [4.69, 9.17) is 0 Å². The second-order valence-electron chi connectivity index (χ2n) is 4.21. The summed E-state index contributed by atoms with van der Waals surface area (Å²) in [7, 11) is 1.41. The lowest BCUT2D eigenvalue weighted by atomic mass is 9.70. The number of hydrogen-bond donors (Lipinski definition) is 1. The maximum atomic E-state index is 11.2. The molecule has 3 heteroatoms. The zero-order valence-corrected chi connectivity index (χ0v) is 7.41. The van der Waals surface area contributed by atoms with Crippen LogP contribution in [0.3, 0.4) is 0 Å². The first-order valence-electron chi connectivity index (χ1n) is 4.36. The Morgan fingerprint density at radius 1 is 1.67 bits per heavy atom. The molecular weight excluding hydrogens is 156 g/mol. The SMILES string of the molecule is COC(=O)[C@H]1[C@H]2C[C@@H]1[C@](C)(O)C2. The number of ether oxygens (including phenoxy) is 1. The molecule has 3 saturated carbocycles. The van der Waals surface area contributed by atoms with Crippen LogP contribution >= 0.6 is 0 Å². The van der Waals surface area contributed by atoms with E-state index in [9.17, 15) is 9.90 Å². The molecule has 0 unspecified atom stereocenters. The highest BCUT2D eigenvalue weighted by molar-refractivity contribution is 5.75. The molecule has 0 amide bonds. The average molecular weight is 170 g/mol. The highest BCUT2D eigenvalue weighted by atomic mass is 16.5. The fraction of sp³-hybridized carbons (Fsp3) is 0.889. The summed E-state index contributed by atoms with van der Waals surface area (Å²) >= 11 is 0. The zero-order valence-electron chi connectivity index (χ0n) is 7.41. The Kier molecular flexibility index (Phi) is 1.49. The molecule has 3 nitrogen and oxygen atoms in total. The van der Waals surface area contributed by atoms with Gasteiger partial charge in [-0.3, -0.25) is 4.79 Å². The molecule has 0 saturated heterocycles. The molecule has 0 aromatic carbocycles. The lowest BCUT2D eigenvalue weighted by Gasteiger charge is -2.35. The number of fused-ring (bicyclic) bond motifs is 1. The minimum Gasteiger partial charge on any atom is -0.469 e. The van der Waals surface area contributed by atoms with Crippen LogP contribution in [0.2, 0.25) is 0 Å². The van der Waals surface area contributed by atoms with Crippen molar-refractivity contribution in [2.45, 2.75) is 25.4 Å². The van der Waals surface area contributed by atoms with Crippen molar-refractivity contribution in [1.29, 1.82) is 0 Å². The number of carbonyl (C=O) groups is 1. The van der Waals surface area contributed by atoms with E-state index in [2.05, 4.69) is 4.74 Å². The Labute approximate surface area is 71.7 Å². The fourth-order valence-electron chi connectivity index (χ4n) is 2.78. The van der Waals surface area contributed by atoms with Crippen molar-refractivity contribution in [1.82, 2.24) is 0 Å². The van der Waals surface area contributed by atoms with Crippen molar-refractivity contribution in [2.24, 2.45) is 17.8 Å². The van der Waals surface area contributed by atoms with Gasteiger partial charge in [-0.2, -0.15) is 0 Å². The van der Waals surface area contributed by atoms with E-state index in [1.807, 2.05) is 6.92 Å². The largest absolute Gasteiger partial charge is 0.469 e. The molecule has 1 N–H and O–H groups in total. The zero-order chi connectivity index (χ0) is 8.93. The molecule has 0 aliphatic heterocycles. The molecule has 4 atom stereocenters. The van der Waals surface area contributed by atoms with Gasteiger partial charge in [-0.25, -0.2) is 0 Å². The topological polar surface area (TPSA) is 46.5 Å². The third-order valence-corrected chi connectivity index (χ3v) is 3.45. The van der Waals surface area contributed by atoms with Crippen LogP contribution in [-0.4, -0.2) is 23.8 Å². The Bertz CT molecular complexity index is 222. The summed E-state index contributed by atoms with van der Waals surface area (Å²) in [5, 5.41) is 9.81. The van der Waals surface area contributed by atoms with Crippen molar-refractivity contribution in [3.63, 3.8) is 0 Å². The third-order valence-electron chi connectivity index (χ3n) is 3.45. The predicted octanol–water partition coefficient (Wildman–Crippen LogP) is 0.566. The fourth-order valence-corrected chi connectivity index (χ4v) is 2.78. The Morgan fingerprint density at radius 3 is 2.67 bits per heavy atom. The normalized spacial score (nSPS) is 50.1. The first-order chi connectivity index (χ1) is 5.56. The molecule has 0 heterocycles. The summed E-state index contributed by atoms with van der Waals surface area (Å²) in [5.74, 6) is 0.353. The molecule has 68 valence electrons. The van der Waals surface area contributed by atoms with E-state index in [1.165, 1.54) is 7.11 Å². The van der Waals surface area contributed by atoms with Gasteiger partial charge in [0.25, 0.3) is 0 Å². The van der Waals surface area contributed by atoms with Crippen LogP contribution in [0.4, 0.5) is 0 Å². The van der Waals surface area contributed by atoms with Crippen molar-refractivity contribution < 1.29 is 14.6 Å². The lowest BCUT2D eigenvalue weighted by molar-refractivity contribution is -0.155. The van der Waals surface area contributed by atoms with Gasteiger partial charge in [0.1, 0.15) is 0 Å². The van der Waals surface area contributed by atoms with Crippen molar-refractivity contribution in [3.05, 3.63) is 0 Å². The highest BCUT2D eigenvalue weighted by Crippen LogP contribution is 2.59. The van der Waals surface area contributed by atoms with Crippen LogP contribution < -0.4 is 0 Å². The van der Waals surface area contributed by atoms with Crippen LogP contribution in [0.1, 0.15) is 19.8 Å². The summed E-state index contributed by atoms with van der Waals surface area (Å²) in [6, 6.07) is 0. The van der Waals surface area contributed by atoms with Gasteiger partial charge in [-0.1, -0.05) is 0 Å². The van der Waals surface area contributed by atoms with Crippen molar-refractivity contribution >= 4 is 5.97 Å². The molecule has 2 bridgehead atoms. The predicted molar refractivity (Wildman–Crippen MR) is 42.3 cm³/mol. The van der Waals surface area contributed by atoms with Gasteiger partial charge in [-0.15, -0.1) is 0 Å². The first-order valence-corrected chi connectivity index (χ1v) is 4.36. The van der Waals surface area contributed by atoms with Gasteiger partial charge in [0.2, 0.25) is 0 Å². The Balaban J connectivity index is 2.12. The third kappa shape index (κ3) is 0.829. The molecule has 0 radical (unpaired) electrons. The van der Waals surface area contributed by atoms with E-state index >= 15 is 0 Å². The molecular formula is C9H14O3. The summed E-state index contributed by atoms with van der Waals surface area (Å²) in [6.07, 6.45) is 1.75. The Morgan fingerprint density at radius 2 is 2.33 bits per heavy atom. The smallest absolute Gasteiger partial charge is 0.309 e. The van der Waals surface area contributed by atoms with Gasteiger partial charge in [0, 0.05) is 5.92 Å². The number of esters is 1. The molecule has 3 aliphatic carbocycles. The number of aliphatic hydroxyl groups is 1. The summed E-state index contributed by atoms with van der Waals surface area (Å²) in [4.78, 5) is 11.2. The highest BCUT2D eigenvalue weighted by Gasteiger charge is 2.61. The van der Waals surface area contributed by atoms with Crippen LogP contribution in [0.5, 0.6) is 0 Å². The molecule has 0 spiro atoms. The minimum atomic E-state index is -0.622. The quantitative estimate of drug-likeness (QED) is 0.585. The van der Waals surface area contributed by atoms with Crippen LogP contribution in [0, 0.1) is 17.8 Å². The van der Waals surface area contributed by atoms with E-state index in [-0.39, 0.29) is 17.8 Å². The second-order valence-corrected chi connectivity index (χ2v) is 4.21. The number of carbonyl (C=O) groups excluding carboxylic acids is 1. The second kappa shape index (κ2) is 2.22. The van der Waals surface area contributed by atoms with Gasteiger partial charge in [0.05, 0.1) is 18.6 Å². The van der Waals surface area contributed by atoms with E-state index < -0.39 is 5.60 Å². The first kappa shape index (κ1) is 8.05. The van der Waals surface area contributed by atoms with Crippen LogP contribution in [0.25, 0.3) is 0 Å². The summed E-state index contributed by atoms with van der Waals surface area (Å²) in [6.45, 7) is 1.82.